The summed E-state index contributed by atoms with van der Waals surface area (Å²) in [5.41, 5.74) is -0.767. The highest BCUT2D eigenvalue weighted by Crippen LogP contribution is 2.31. The van der Waals surface area contributed by atoms with E-state index < -0.39 is 34.5 Å². The van der Waals surface area contributed by atoms with Gasteiger partial charge in [-0.3, -0.25) is 9.69 Å². The number of carboxylic acids is 1. The Morgan fingerprint density at radius 3 is 2.38 bits per heavy atom. The maximum absolute atomic E-state index is 15.1. The molecule has 5 rings (SSSR count). The summed E-state index contributed by atoms with van der Waals surface area (Å²) in [6.07, 6.45) is -3.16. The van der Waals surface area contributed by atoms with Crippen molar-refractivity contribution in [3.63, 3.8) is 0 Å². The molecule has 2 aromatic heterocycles. The second-order valence-corrected chi connectivity index (χ2v) is 9.12. The lowest BCUT2D eigenvalue weighted by Crippen LogP contribution is -2.46. The molecule has 1 N–H and O–H groups in total. The van der Waals surface area contributed by atoms with Gasteiger partial charge in [-0.1, -0.05) is 0 Å². The lowest BCUT2D eigenvalue weighted by atomic mass is 10.1. The minimum atomic E-state index is -4.43. The van der Waals surface area contributed by atoms with Gasteiger partial charge in [0.2, 0.25) is 17.2 Å². The zero-order valence-corrected chi connectivity index (χ0v) is 20.7. The highest BCUT2D eigenvalue weighted by atomic mass is 19.4. The average Bonchev–Trinajstić information content (AvgIpc) is 3.37. The SMILES string of the molecule is CCn1cc(C(=O)O)c(=O)c2cc(F)c(N3CCN(Cc4nnc(-c5ccc(C(F)(F)F)cc5)o4)CC3)cc21. The largest absolute Gasteiger partial charge is 0.477 e. The number of hydrogen-bond donors (Lipinski definition) is 1. The molecule has 2 aromatic carbocycles. The first-order valence-corrected chi connectivity index (χ1v) is 12.1. The maximum Gasteiger partial charge on any atom is 0.416 e. The summed E-state index contributed by atoms with van der Waals surface area (Å²) < 4.78 is 60.7. The molecule has 0 bridgehead atoms. The molecule has 0 amide bonds. The number of benzene rings is 2. The van der Waals surface area contributed by atoms with Crippen LogP contribution in [0.1, 0.15) is 28.7 Å². The fourth-order valence-electron chi connectivity index (χ4n) is 4.63. The number of rotatable bonds is 6. The number of aryl methyl sites for hydroxylation is 1. The van der Waals surface area contributed by atoms with E-state index in [0.29, 0.717) is 61.9 Å². The van der Waals surface area contributed by atoms with Crippen molar-refractivity contribution in [1.82, 2.24) is 19.7 Å². The van der Waals surface area contributed by atoms with Gasteiger partial charge in [0.15, 0.2) is 0 Å². The molecular weight excluding hydrogens is 522 g/mol. The number of piperazine rings is 1. The van der Waals surface area contributed by atoms with E-state index in [0.717, 1.165) is 18.2 Å². The van der Waals surface area contributed by atoms with E-state index in [-0.39, 0.29) is 11.3 Å². The number of aromatic carboxylic acids is 1. The monoisotopic (exact) mass is 545 g/mol. The van der Waals surface area contributed by atoms with Gasteiger partial charge >= 0.3 is 12.1 Å². The van der Waals surface area contributed by atoms with Gasteiger partial charge in [-0.15, -0.1) is 10.2 Å². The Morgan fingerprint density at radius 1 is 1.08 bits per heavy atom. The summed E-state index contributed by atoms with van der Waals surface area (Å²) in [5, 5.41) is 17.3. The van der Waals surface area contributed by atoms with Crippen LogP contribution in [0.5, 0.6) is 0 Å². The number of fused-ring (bicyclic) bond motifs is 1. The van der Waals surface area contributed by atoms with Crippen LogP contribution in [0.4, 0.5) is 23.2 Å². The predicted octanol–water partition coefficient (Wildman–Crippen LogP) is 4.25. The maximum atomic E-state index is 15.1. The quantitative estimate of drug-likeness (QED) is 0.359. The standard InChI is InChI=1S/C26H23F4N5O4/c1-2-34-13-18(25(37)38)23(36)17-11-19(27)21(12-20(17)34)35-9-7-33(8-10-35)14-22-31-32-24(39-22)15-3-5-16(6-4-15)26(28,29)30/h3-6,11-13H,2,7-10,14H2,1H3,(H,37,38). The Hall–Kier alpha value is -4.26. The van der Waals surface area contributed by atoms with Crippen LogP contribution < -0.4 is 10.3 Å². The van der Waals surface area contributed by atoms with Crippen LogP contribution in [0.15, 0.2) is 51.8 Å². The highest BCUT2D eigenvalue weighted by molar-refractivity contribution is 5.93. The van der Waals surface area contributed by atoms with Crippen molar-refractivity contribution >= 4 is 22.6 Å². The van der Waals surface area contributed by atoms with Crippen molar-refractivity contribution in [2.24, 2.45) is 0 Å². The third-order valence-electron chi connectivity index (χ3n) is 6.72. The minimum Gasteiger partial charge on any atom is -0.477 e. The normalized spacial score (nSPS) is 14.7. The lowest BCUT2D eigenvalue weighted by Gasteiger charge is -2.35. The van der Waals surface area contributed by atoms with Crippen molar-refractivity contribution in [3.05, 3.63) is 75.7 Å². The van der Waals surface area contributed by atoms with Gasteiger partial charge in [0.05, 0.1) is 23.3 Å². The number of carbonyl (C=O) groups is 1. The lowest BCUT2D eigenvalue weighted by molar-refractivity contribution is -0.137. The average molecular weight is 545 g/mol. The molecule has 0 spiro atoms. The summed E-state index contributed by atoms with van der Waals surface area (Å²) in [6, 6.07) is 7.13. The Bertz CT molecular complexity index is 1590. The van der Waals surface area contributed by atoms with Crippen LogP contribution in [0.25, 0.3) is 22.4 Å². The first-order valence-electron chi connectivity index (χ1n) is 12.1. The zero-order chi connectivity index (χ0) is 27.9. The van der Waals surface area contributed by atoms with Crippen LogP contribution in [-0.4, -0.2) is 56.9 Å². The van der Waals surface area contributed by atoms with Crippen molar-refractivity contribution in [1.29, 1.82) is 0 Å². The molecule has 3 heterocycles. The fourth-order valence-corrected chi connectivity index (χ4v) is 4.63. The van der Waals surface area contributed by atoms with Gasteiger partial charge in [0.1, 0.15) is 11.4 Å². The van der Waals surface area contributed by atoms with Crippen LogP contribution in [0.3, 0.4) is 0 Å². The number of nitrogens with zero attached hydrogens (tertiary/aromatic N) is 5. The topological polar surface area (TPSA) is 105 Å². The number of aromatic nitrogens is 3. The van der Waals surface area contributed by atoms with Crippen LogP contribution in [0, 0.1) is 5.82 Å². The van der Waals surface area contributed by atoms with Crippen molar-refractivity contribution in [2.45, 2.75) is 26.2 Å². The van der Waals surface area contributed by atoms with Crippen molar-refractivity contribution in [2.75, 3.05) is 31.1 Å². The number of carboxylic acid groups (broad SMARTS) is 1. The Balaban J connectivity index is 1.28. The molecule has 0 aliphatic carbocycles. The van der Waals surface area contributed by atoms with Crippen LogP contribution >= 0.6 is 0 Å². The van der Waals surface area contributed by atoms with E-state index >= 15 is 4.39 Å². The van der Waals surface area contributed by atoms with E-state index in [9.17, 15) is 27.9 Å². The second kappa shape index (κ2) is 10.1. The smallest absolute Gasteiger partial charge is 0.416 e. The first-order chi connectivity index (χ1) is 18.5. The first kappa shape index (κ1) is 26.4. The van der Waals surface area contributed by atoms with Gasteiger partial charge in [-0.25, -0.2) is 9.18 Å². The Kier molecular flexibility index (Phi) is 6.85. The molecule has 204 valence electrons. The summed E-state index contributed by atoms with van der Waals surface area (Å²) in [6.45, 7) is 4.52. The molecule has 39 heavy (non-hydrogen) atoms. The van der Waals surface area contributed by atoms with Crippen LogP contribution in [-0.2, 0) is 19.3 Å². The molecule has 13 heteroatoms. The van der Waals surface area contributed by atoms with Gasteiger partial charge in [0, 0.05) is 49.9 Å². The molecular formula is C26H23F4N5O4. The molecule has 0 atom stereocenters. The van der Waals surface area contributed by atoms with Gasteiger partial charge in [-0.2, -0.15) is 13.2 Å². The van der Waals surface area contributed by atoms with E-state index in [1.165, 1.54) is 18.3 Å². The highest BCUT2D eigenvalue weighted by Gasteiger charge is 2.30. The Labute approximate surface area is 218 Å². The van der Waals surface area contributed by atoms with E-state index in [1.807, 2.05) is 9.80 Å². The molecule has 0 unspecified atom stereocenters. The molecule has 9 nitrogen and oxygen atoms in total. The molecule has 1 aliphatic heterocycles. The number of alkyl halides is 3. The minimum absolute atomic E-state index is 0.0110. The van der Waals surface area contributed by atoms with E-state index in [1.54, 1.807) is 17.6 Å². The number of anilines is 1. The van der Waals surface area contributed by atoms with Crippen LogP contribution in [0.2, 0.25) is 0 Å². The summed E-state index contributed by atoms with van der Waals surface area (Å²) in [7, 11) is 0. The summed E-state index contributed by atoms with van der Waals surface area (Å²) >= 11 is 0. The number of pyridine rings is 1. The molecule has 0 saturated carbocycles. The van der Waals surface area contributed by atoms with E-state index in [4.69, 9.17) is 4.42 Å². The number of halogens is 4. The van der Waals surface area contributed by atoms with Gasteiger partial charge < -0.3 is 19.0 Å². The number of hydrogen-bond acceptors (Lipinski definition) is 7. The predicted molar refractivity (Wildman–Crippen MR) is 133 cm³/mol. The van der Waals surface area contributed by atoms with Crippen molar-refractivity contribution in [3.8, 4) is 11.5 Å². The summed E-state index contributed by atoms with van der Waals surface area (Å²) in [4.78, 5) is 27.9. The molecule has 1 fully saturated rings. The molecule has 4 aromatic rings. The van der Waals surface area contributed by atoms with E-state index in [2.05, 4.69) is 10.2 Å². The molecule has 1 saturated heterocycles. The third kappa shape index (κ3) is 5.21. The summed E-state index contributed by atoms with van der Waals surface area (Å²) in [5.74, 6) is -1.56. The molecule has 1 aliphatic rings. The van der Waals surface area contributed by atoms with Gasteiger partial charge in [0.25, 0.3) is 0 Å². The zero-order valence-electron chi connectivity index (χ0n) is 20.7. The van der Waals surface area contributed by atoms with Crippen molar-refractivity contribution < 1.29 is 31.9 Å². The molecule has 0 radical (unpaired) electrons. The third-order valence-corrected chi connectivity index (χ3v) is 6.72. The Morgan fingerprint density at radius 2 is 1.77 bits per heavy atom. The fraction of sp³-hybridized carbons (Fsp3) is 0.308. The second-order valence-electron chi connectivity index (χ2n) is 9.12. The van der Waals surface area contributed by atoms with Gasteiger partial charge in [-0.05, 0) is 43.3 Å².